The molecule has 0 saturated carbocycles. The van der Waals surface area contributed by atoms with Gasteiger partial charge in [0.1, 0.15) is 5.75 Å². The summed E-state index contributed by atoms with van der Waals surface area (Å²) in [5.74, 6) is 1.09. The summed E-state index contributed by atoms with van der Waals surface area (Å²) in [5, 5.41) is 0. The van der Waals surface area contributed by atoms with Crippen LogP contribution >= 0.6 is 0 Å². The number of amides is 1. The van der Waals surface area contributed by atoms with E-state index in [1.165, 1.54) is 11.1 Å². The molecule has 0 N–H and O–H groups in total. The van der Waals surface area contributed by atoms with Gasteiger partial charge in [-0.2, -0.15) is 0 Å². The average Bonchev–Trinajstić information content (AvgIpc) is 2.63. The van der Waals surface area contributed by atoms with Gasteiger partial charge in [0.25, 0.3) is 0 Å². The summed E-state index contributed by atoms with van der Waals surface area (Å²) in [6.45, 7) is 7.10. The van der Waals surface area contributed by atoms with Crippen LogP contribution in [0.1, 0.15) is 23.6 Å². The van der Waals surface area contributed by atoms with Crippen molar-refractivity contribution < 1.29 is 9.53 Å². The highest BCUT2D eigenvalue weighted by molar-refractivity contribution is 5.82. The fourth-order valence-electron chi connectivity index (χ4n) is 3.35. The Morgan fingerprint density at radius 2 is 1.84 bits per heavy atom. The van der Waals surface area contributed by atoms with Gasteiger partial charge in [-0.25, -0.2) is 0 Å². The number of hydrogen-bond acceptors (Lipinski definition) is 3. The lowest BCUT2D eigenvalue weighted by atomic mass is 10.1. The molecule has 4 heteroatoms. The van der Waals surface area contributed by atoms with E-state index in [0.29, 0.717) is 6.54 Å². The molecule has 0 bridgehead atoms. The Morgan fingerprint density at radius 1 is 1.08 bits per heavy atom. The average molecular weight is 338 g/mol. The molecule has 1 atom stereocenters. The highest BCUT2D eigenvalue weighted by Crippen LogP contribution is 2.24. The summed E-state index contributed by atoms with van der Waals surface area (Å²) < 4.78 is 5.51. The maximum Gasteiger partial charge on any atom is 0.239 e. The predicted molar refractivity (Wildman–Crippen MR) is 99.5 cm³/mol. The molecule has 1 saturated heterocycles. The van der Waals surface area contributed by atoms with Crippen molar-refractivity contribution in [1.82, 2.24) is 9.80 Å². The zero-order valence-electron chi connectivity index (χ0n) is 15.2. The Labute approximate surface area is 150 Å². The zero-order chi connectivity index (χ0) is 17.8. The smallest absolute Gasteiger partial charge is 0.239 e. The largest absolute Gasteiger partial charge is 0.496 e. The summed E-state index contributed by atoms with van der Waals surface area (Å²) in [4.78, 5) is 17.0. The number of methoxy groups -OCH3 is 1. The Morgan fingerprint density at radius 3 is 2.56 bits per heavy atom. The van der Waals surface area contributed by atoms with Gasteiger partial charge in [0.15, 0.2) is 0 Å². The number of piperazine rings is 1. The van der Waals surface area contributed by atoms with Crippen LogP contribution in [0.4, 0.5) is 0 Å². The Bertz CT molecular complexity index is 730. The molecule has 1 heterocycles. The fourth-order valence-corrected chi connectivity index (χ4v) is 3.35. The molecule has 0 aliphatic carbocycles. The van der Waals surface area contributed by atoms with E-state index in [9.17, 15) is 4.79 Å². The van der Waals surface area contributed by atoms with Gasteiger partial charge in [0.05, 0.1) is 13.2 Å². The van der Waals surface area contributed by atoms with Crippen LogP contribution in [0.25, 0.3) is 0 Å². The van der Waals surface area contributed by atoms with Gasteiger partial charge in [-0.3, -0.25) is 9.69 Å². The van der Waals surface area contributed by atoms with Crippen molar-refractivity contribution in [3.63, 3.8) is 0 Å². The fraction of sp³-hybridized carbons (Fsp3) is 0.381. The van der Waals surface area contributed by atoms with Crippen LogP contribution in [-0.4, -0.2) is 41.9 Å². The second kappa shape index (κ2) is 7.70. The van der Waals surface area contributed by atoms with E-state index in [2.05, 4.69) is 36.1 Å². The van der Waals surface area contributed by atoms with Crippen molar-refractivity contribution >= 4 is 5.91 Å². The molecular formula is C21H26N2O2. The molecule has 0 unspecified atom stereocenters. The maximum absolute atomic E-state index is 12.8. The van der Waals surface area contributed by atoms with Gasteiger partial charge in [-0.05, 0) is 31.0 Å². The highest BCUT2D eigenvalue weighted by atomic mass is 16.5. The molecule has 132 valence electrons. The van der Waals surface area contributed by atoms with Crippen LogP contribution in [0, 0.1) is 6.92 Å². The minimum atomic E-state index is -0.122. The molecule has 1 aliphatic rings. The van der Waals surface area contributed by atoms with Gasteiger partial charge in [0, 0.05) is 31.7 Å². The van der Waals surface area contributed by atoms with Crippen LogP contribution < -0.4 is 4.74 Å². The lowest BCUT2D eigenvalue weighted by Crippen LogP contribution is -2.54. The van der Waals surface area contributed by atoms with E-state index in [-0.39, 0.29) is 11.9 Å². The van der Waals surface area contributed by atoms with Crippen LogP contribution in [0.15, 0.2) is 48.5 Å². The van der Waals surface area contributed by atoms with Crippen LogP contribution in [0.3, 0.4) is 0 Å². The van der Waals surface area contributed by atoms with Gasteiger partial charge >= 0.3 is 0 Å². The predicted octanol–water partition coefficient (Wildman–Crippen LogP) is 3.24. The lowest BCUT2D eigenvalue weighted by Gasteiger charge is -2.39. The molecule has 0 spiro atoms. The normalized spacial score (nSPS) is 18.4. The first-order chi connectivity index (χ1) is 12.1. The molecule has 2 aromatic rings. The molecule has 1 fully saturated rings. The summed E-state index contributed by atoms with van der Waals surface area (Å²) in [5.41, 5.74) is 3.48. The van der Waals surface area contributed by atoms with Gasteiger partial charge in [-0.15, -0.1) is 0 Å². The number of rotatable bonds is 5. The number of carbonyl (C=O) groups excluding carboxylic acids is 1. The molecule has 1 aliphatic heterocycles. The monoisotopic (exact) mass is 338 g/mol. The number of aryl methyl sites for hydroxylation is 1. The molecule has 4 nitrogen and oxygen atoms in total. The Hall–Kier alpha value is -2.33. The van der Waals surface area contributed by atoms with E-state index in [1.807, 2.05) is 36.1 Å². The minimum Gasteiger partial charge on any atom is -0.496 e. The first-order valence-corrected chi connectivity index (χ1v) is 8.79. The maximum atomic E-state index is 12.8. The first-order valence-electron chi connectivity index (χ1n) is 8.79. The molecule has 3 rings (SSSR count). The lowest BCUT2D eigenvalue weighted by molar-refractivity contribution is -0.142. The topological polar surface area (TPSA) is 32.8 Å². The molecule has 0 radical (unpaired) electrons. The second-order valence-electron chi connectivity index (χ2n) is 6.71. The van der Waals surface area contributed by atoms with Crippen molar-refractivity contribution in [2.45, 2.75) is 33.0 Å². The van der Waals surface area contributed by atoms with Crippen LogP contribution in [-0.2, 0) is 17.9 Å². The van der Waals surface area contributed by atoms with E-state index in [4.69, 9.17) is 4.74 Å². The zero-order valence-corrected chi connectivity index (χ0v) is 15.2. The standard InChI is InChI=1S/C21H26N2O2/c1-16-9-10-19(20(13-16)25-3)15-22-11-12-23(21(24)17(22)2)14-18-7-5-4-6-8-18/h4-10,13,17H,11-12,14-15H2,1-3H3/t17-/m1/s1. The minimum absolute atomic E-state index is 0.122. The number of carbonyl (C=O) groups is 1. The third kappa shape index (κ3) is 4.02. The van der Waals surface area contributed by atoms with Gasteiger partial charge < -0.3 is 9.64 Å². The number of benzene rings is 2. The molecule has 1 amide bonds. The molecule has 25 heavy (non-hydrogen) atoms. The summed E-state index contributed by atoms with van der Waals surface area (Å²) >= 11 is 0. The molecule has 2 aromatic carbocycles. The van der Waals surface area contributed by atoms with E-state index in [0.717, 1.165) is 30.9 Å². The Kier molecular flexibility index (Phi) is 5.39. The molecular weight excluding hydrogens is 312 g/mol. The van der Waals surface area contributed by atoms with Gasteiger partial charge in [0.2, 0.25) is 5.91 Å². The van der Waals surface area contributed by atoms with E-state index < -0.39 is 0 Å². The van der Waals surface area contributed by atoms with Crippen LogP contribution in [0.2, 0.25) is 0 Å². The van der Waals surface area contributed by atoms with Crippen molar-refractivity contribution in [2.75, 3.05) is 20.2 Å². The SMILES string of the molecule is COc1cc(C)ccc1CN1CCN(Cc2ccccc2)C(=O)[C@H]1C. The number of ether oxygens (including phenoxy) is 1. The third-order valence-electron chi connectivity index (χ3n) is 4.91. The summed E-state index contributed by atoms with van der Waals surface area (Å²) in [6.07, 6.45) is 0. The number of hydrogen-bond donors (Lipinski definition) is 0. The second-order valence-corrected chi connectivity index (χ2v) is 6.71. The molecule has 0 aromatic heterocycles. The van der Waals surface area contributed by atoms with Crippen molar-refractivity contribution in [3.05, 3.63) is 65.2 Å². The third-order valence-corrected chi connectivity index (χ3v) is 4.91. The van der Waals surface area contributed by atoms with Gasteiger partial charge in [-0.1, -0.05) is 42.5 Å². The van der Waals surface area contributed by atoms with E-state index >= 15 is 0 Å². The van der Waals surface area contributed by atoms with Crippen LogP contribution in [0.5, 0.6) is 5.75 Å². The summed E-state index contributed by atoms with van der Waals surface area (Å²) in [7, 11) is 1.70. The number of nitrogens with zero attached hydrogens (tertiary/aromatic N) is 2. The van der Waals surface area contributed by atoms with Crippen molar-refractivity contribution in [1.29, 1.82) is 0 Å². The van der Waals surface area contributed by atoms with Crippen molar-refractivity contribution in [3.8, 4) is 5.75 Å². The quantitative estimate of drug-likeness (QED) is 0.839. The van der Waals surface area contributed by atoms with Crippen molar-refractivity contribution in [2.24, 2.45) is 0 Å². The summed E-state index contributed by atoms with van der Waals surface area (Å²) in [6, 6.07) is 16.3. The highest BCUT2D eigenvalue weighted by Gasteiger charge is 2.31. The first kappa shape index (κ1) is 17.5. The Balaban J connectivity index is 1.67. The van der Waals surface area contributed by atoms with E-state index in [1.54, 1.807) is 7.11 Å².